The summed E-state index contributed by atoms with van der Waals surface area (Å²) in [5, 5.41) is 21.1. The van der Waals surface area contributed by atoms with Crippen molar-refractivity contribution in [3.63, 3.8) is 0 Å². The first-order valence-corrected chi connectivity index (χ1v) is 6.12. The fraction of sp³-hybridized carbons (Fsp3) is 0.538. The molecule has 18 heavy (non-hydrogen) atoms. The second kappa shape index (κ2) is 6.13. The van der Waals surface area contributed by atoms with Gasteiger partial charge in [0.2, 0.25) is 0 Å². The highest BCUT2D eigenvalue weighted by atomic mass is 19.1. The summed E-state index contributed by atoms with van der Waals surface area (Å²) in [6.45, 7) is 0.197. The molecule has 1 saturated carbocycles. The lowest BCUT2D eigenvalue weighted by Crippen LogP contribution is -2.21. The molecule has 5 heteroatoms. The highest BCUT2D eigenvalue weighted by Crippen LogP contribution is 2.21. The minimum Gasteiger partial charge on any atom is -0.491 e. The van der Waals surface area contributed by atoms with E-state index in [4.69, 9.17) is 14.9 Å². The minimum absolute atomic E-state index is 0.0462. The summed E-state index contributed by atoms with van der Waals surface area (Å²) in [6, 6.07) is 5.03. The number of halogens is 1. The molecule has 1 aromatic carbocycles. The second-order valence-electron chi connectivity index (χ2n) is 4.60. The van der Waals surface area contributed by atoms with Crippen molar-refractivity contribution < 1.29 is 19.3 Å². The van der Waals surface area contributed by atoms with Gasteiger partial charge in [-0.25, -0.2) is 4.39 Å². The summed E-state index contributed by atoms with van der Waals surface area (Å²) in [4.78, 5) is 0. The van der Waals surface area contributed by atoms with Crippen LogP contribution in [0.2, 0.25) is 0 Å². The van der Waals surface area contributed by atoms with Gasteiger partial charge in [0.25, 0.3) is 0 Å². The zero-order valence-corrected chi connectivity index (χ0v) is 10.1. The molecule has 2 rings (SSSR count). The number of hydrogen-bond donors (Lipinski definition) is 3. The van der Waals surface area contributed by atoms with Gasteiger partial charge in [-0.2, -0.15) is 0 Å². The Hall–Kier alpha value is -1.17. The molecule has 3 N–H and O–H groups in total. The van der Waals surface area contributed by atoms with Crippen molar-refractivity contribution in [3.8, 4) is 5.75 Å². The molecule has 0 saturated heterocycles. The van der Waals surface area contributed by atoms with E-state index in [1.54, 1.807) is 6.07 Å². The van der Waals surface area contributed by atoms with Gasteiger partial charge in [-0.3, -0.25) is 0 Å². The molecule has 1 fully saturated rings. The highest BCUT2D eigenvalue weighted by Gasteiger charge is 2.20. The minimum atomic E-state index is -0.943. The van der Waals surface area contributed by atoms with Crippen LogP contribution in [0, 0.1) is 5.82 Å². The molecule has 1 atom stereocenters. The smallest absolute Gasteiger partial charge is 0.127 e. The van der Waals surface area contributed by atoms with Crippen LogP contribution in [0.5, 0.6) is 5.75 Å². The number of benzene rings is 1. The number of hydrogen-bond acceptors (Lipinski definition) is 4. The summed E-state index contributed by atoms with van der Waals surface area (Å²) in [5.74, 6) is 0.00804. The van der Waals surface area contributed by atoms with Gasteiger partial charge in [-0.05, 0) is 30.5 Å². The first-order valence-electron chi connectivity index (χ1n) is 6.12. The van der Waals surface area contributed by atoms with Crippen LogP contribution >= 0.6 is 0 Å². The Bertz CT molecular complexity index is 396. The number of ether oxygens (including phenoxy) is 1. The van der Waals surface area contributed by atoms with E-state index >= 15 is 0 Å². The molecule has 1 aliphatic rings. The van der Waals surface area contributed by atoms with E-state index in [0.717, 1.165) is 5.56 Å². The number of nitrogens with one attached hydrogen (secondary N) is 1. The monoisotopic (exact) mass is 255 g/mol. The van der Waals surface area contributed by atoms with Crippen LogP contribution in [0.15, 0.2) is 18.2 Å². The topological polar surface area (TPSA) is 61.7 Å². The summed E-state index contributed by atoms with van der Waals surface area (Å²) in [6.07, 6.45) is 1.42. The Labute approximate surface area is 105 Å². The van der Waals surface area contributed by atoms with Crippen LogP contribution in [0.3, 0.4) is 0 Å². The molecular formula is C13H18FNO3. The lowest BCUT2D eigenvalue weighted by atomic mass is 10.2. The third-order valence-electron chi connectivity index (χ3n) is 2.76. The van der Waals surface area contributed by atoms with E-state index in [0.29, 0.717) is 18.3 Å². The fourth-order valence-corrected chi connectivity index (χ4v) is 1.60. The molecule has 4 nitrogen and oxygen atoms in total. The van der Waals surface area contributed by atoms with Crippen molar-refractivity contribution in [2.24, 2.45) is 0 Å². The lowest BCUT2D eigenvalue weighted by Gasteiger charge is -2.11. The van der Waals surface area contributed by atoms with E-state index in [9.17, 15) is 4.39 Å². The lowest BCUT2D eigenvalue weighted by molar-refractivity contribution is 0.0535. The van der Waals surface area contributed by atoms with Gasteiger partial charge < -0.3 is 20.3 Å². The van der Waals surface area contributed by atoms with Crippen LogP contribution in [-0.4, -0.2) is 35.6 Å². The first kappa shape index (κ1) is 13.3. The summed E-state index contributed by atoms with van der Waals surface area (Å²) >= 11 is 0. The quantitative estimate of drug-likeness (QED) is 0.675. The molecule has 0 aromatic heterocycles. The molecule has 0 heterocycles. The maximum absolute atomic E-state index is 13.4. The zero-order valence-electron chi connectivity index (χ0n) is 10.1. The number of rotatable bonds is 7. The molecule has 0 amide bonds. The average Bonchev–Trinajstić information content (AvgIpc) is 3.17. The molecule has 1 unspecified atom stereocenters. The Balaban J connectivity index is 1.91. The van der Waals surface area contributed by atoms with E-state index in [2.05, 4.69) is 5.32 Å². The third-order valence-corrected chi connectivity index (χ3v) is 2.76. The van der Waals surface area contributed by atoms with Crippen LogP contribution in [0.25, 0.3) is 0 Å². The van der Waals surface area contributed by atoms with E-state index < -0.39 is 6.10 Å². The number of aliphatic hydroxyl groups excluding tert-OH is 2. The van der Waals surface area contributed by atoms with Gasteiger partial charge in [0, 0.05) is 18.7 Å². The molecule has 0 bridgehead atoms. The van der Waals surface area contributed by atoms with Gasteiger partial charge in [0.05, 0.1) is 6.61 Å². The standard InChI is InChI=1S/C13H18FNO3/c14-10-3-9(6-15-11-1-2-11)4-13(5-10)18-8-12(17)7-16/h3-5,11-12,15-17H,1-2,6-8H2. The van der Waals surface area contributed by atoms with Gasteiger partial charge in [-0.15, -0.1) is 0 Å². The van der Waals surface area contributed by atoms with Crippen LogP contribution in [0.4, 0.5) is 4.39 Å². The van der Waals surface area contributed by atoms with Crippen molar-refractivity contribution in [1.82, 2.24) is 5.32 Å². The van der Waals surface area contributed by atoms with Gasteiger partial charge in [0.15, 0.2) is 0 Å². The van der Waals surface area contributed by atoms with Crippen LogP contribution in [-0.2, 0) is 6.54 Å². The van der Waals surface area contributed by atoms with Crippen LogP contribution < -0.4 is 10.1 Å². The average molecular weight is 255 g/mol. The van der Waals surface area contributed by atoms with E-state index in [-0.39, 0.29) is 19.0 Å². The summed E-state index contributed by atoms with van der Waals surface area (Å²) in [7, 11) is 0. The van der Waals surface area contributed by atoms with Crippen molar-refractivity contribution in [2.45, 2.75) is 31.5 Å². The molecular weight excluding hydrogens is 237 g/mol. The molecule has 1 aliphatic carbocycles. The summed E-state index contributed by atoms with van der Waals surface area (Å²) < 4.78 is 18.6. The SMILES string of the molecule is OCC(O)COc1cc(F)cc(CNC2CC2)c1. The maximum Gasteiger partial charge on any atom is 0.127 e. The van der Waals surface area contributed by atoms with Crippen molar-refractivity contribution >= 4 is 0 Å². The Morgan fingerprint density at radius 2 is 2.17 bits per heavy atom. The zero-order chi connectivity index (χ0) is 13.0. The normalized spacial score (nSPS) is 16.6. The van der Waals surface area contributed by atoms with Crippen molar-refractivity contribution in [3.05, 3.63) is 29.6 Å². The third kappa shape index (κ3) is 4.25. The van der Waals surface area contributed by atoms with Gasteiger partial charge in [-0.1, -0.05) is 0 Å². The maximum atomic E-state index is 13.4. The fourth-order valence-electron chi connectivity index (χ4n) is 1.60. The van der Waals surface area contributed by atoms with Crippen molar-refractivity contribution in [1.29, 1.82) is 0 Å². The van der Waals surface area contributed by atoms with Gasteiger partial charge in [0.1, 0.15) is 24.3 Å². The van der Waals surface area contributed by atoms with Crippen LogP contribution in [0.1, 0.15) is 18.4 Å². The predicted octanol–water partition coefficient (Wildman–Crippen LogP) is 0.810. The molecule has 0 radical (unpaired) electrons. The number of aliphatic hydroxyl groups is 2. The van der Waals surface area contributed by atoms with Gasteiger partial charge >= 0.3 is 0 Å². The van der Waals surface area contributed by atoms with E-state index in [1.165, 1.54) is 25.0 Å². The Morgan fingerprint density at radius 3 is 2.83 bits per heavy atom. The highest BCUT2D eigenvalue weighted by molar-refractivity contribution is 5.29. The Morgan fingerprint density at radius 1 is 1.39 bits per heavy atom. The largest absolute Gasteiger partial charge is 0.491 e. The first-order chi connectivity index (χ1) is 8.67. The van der Waals surface area contributed by atoms with Crippen molar-refractivity contribution in [2.75, 3.05) is 13.2 Å². The molecule has 100 valence electrons. The molecule has 0 aliphatic heterocycles. The summed E-state index contributed by atoms with van der Waals surface area (Å²) in [5.41, 5.74) is 0.815. The second-order valence-corrected chi connectivity index (χ2v) is 4.60. The molecule has 1 aromatic rings. The molecule has 0 spiro atoms. The predicted molar refractivity (Wildman–Crippen MR) is 64.8 cm³/mol. The Kier molecular flexibility index (Phi) is 4.52. The van der Waals surface area contributed by atoms with E-state index in [1.807, 2.05) is 0 Å².